The van der Waals surface area contributed by atoms with Crippen molar-refractivity contribution in [3.05, 3.63) is 47.8 Å². The molecule has 1 aliphatic rings. The van der Waals surface area contributed by atoms with Gasteiger partial charge in [-0.3, -0.25) is 4.68 Å². The maximum Gasteiger partial charge on any atom is 0.410 e. The molecule has 0 saturated carbocycles. The van der Waals surface area contributed by atoms with E-state index >= 15 is 0 Å². The second-order valence-electron chi connectivity index (χ2n) is 7.88. The van der Waals surface area contributed by atoms with Crippen molar-refractivity contribution in [1.82, 2.24) is 34.9 Å². The van der Waals surface area contributed by atoms with E-state index < -0.39 is 5.82 Å². The maximum atomic E-state index is 14.5. The second kappa shape index (κ2) is 9.64. The Hall–Kier alpha value is -4.01. The van der Waals surface area contributed by atoms with Crippen molar-refractivity contribution < 1.29 is 18.7 Å². The van der Waals surface area contributed by atoms with Crippen molar-refractivity contribution in [2.45, 2.75) is 45.4 Å². The summed E-state index contributed by atoms with van der Waals surface area (Å²) in [5.41, 5.74) is 1.38. The van der Waals surface area contributed by atoms with Crippen molar-refractivity contribution in [3.8, 4) is 17.5 Å². The van der Waals surface area contributed by atoms with Gasteiger partial charge in [0.1, 0.15) is 24.7 Å². The summed E-state index contributed by atoms with van der Waals surface area (Å²) in [4.78, 5) is 13.7. The molecule has 0 unspecified atom stereocenters. The molecule has 1 saturated heterocycles. The molecule has 1 fully saturated rings. The molecule has 1 aliphatic heterocycles. The number of halogens is 1. The molecule has 11 nitrogen and oxygen atoms in total. The molecular formula is C21H23FN8O3. The first-order valence-electron chi connectivity index (χ1n) is 10.5. The zero-order valence-corrected chi connectivity index (χ0v) is 18.3. The first-order valence-corrected chi connectivity index (χ1v) is 10.5. The molecule has 4 rings (SSSR count). The van der Waals surface area contributed by atoms with Crippen LogP contribution in [0.4, 0.5) is 9.18 Å². The average molecular weight is 454 g/mol. The number of nitrogens with zero attached hydrogens (tertiary/aromatic N) is 8. The fraction of sp³-hybridized carbons (Fsp3) is 0.429. The molecule has 0 atom stereocenters. The fourth-order valence-electron chi connectivity index (χ4n) is 3.66. The number of hydrogen-bond donors (Lipinski definition) is 0. The lowest BCUT2D eigenvalue weighted by atomic mass is 10.1. The lowest BCUT2D eigenvalue weighted by molar-refractivity contribution is 0.0652. The van der Waals surface area contributed by atoms with Gasteiger partial charge in [0.2, 0.25) is 0 Å². The van der Waals surface area contributed by atoms with E-state index in [0.29, 0.717) is 42.9 Å². The highest BCUT2D eigenvalue weighted by Gasteiger charge is 2.28. The number of carbonyl (C=O) groups excluding carboxylic acids is 1. The highest BCUT2D eigenvalue weighted by Crippen LogP contribution is 2.26. The maximum absolute atomic E-state index is 14.5. The molecule has 3 heterocycles. The third-order valence-corrected chi connectivity index (χ3v) is 5.29. The summed E-state index contributed by atoms with van der Waals surface area (Å²) in [6.45, 7) is 4.65. The molecule has 0 aliphatic carbocycles. The summed E-state index contributed by atoms with van der Waals surface area (Å²) in [7, 11) is 0. The van der Waals surface area contributed by atoms with E-state index in [0.717, 1.165) is 0 Å². The van der Waals surface area contributed by atoms with Gasteiger partial charge in [-0.05, 0) is 49.2 Å². The third-order valence-electron chi connectivity index (χ3n) is 5.29. The number of likely N-dealkylation sites (tertiary alicyclic amines) is 1. The highest BCUT2D eigenvalue weighted by atomic mass is 19.1. The van der Waals surface area contributed by atoms with Gasteiger partial charge in [0.25, 0.3) is 0 Å². The van der Waals surface area contributed by atoms with Crippen LogP contribution in [0.3, 0.4) is 0 Å². The molecule has 0 spiro atoms. The van der Waals surface area contributed by atoms with Gasteiger partial charge >= 0.3 is 6.09 Å². The Kier molecular flexibility index (Phi) is 6.48. The quantitative estimate of drug-likeness (QED) is 0.557. The number of amides is 1. The standard InChI is InChI=1S/C21H23FN8O3/c1-14(2)33-21(31)28-7-5-16(6-8-28)30-19(10-23)15(11-25-30)12-32-20-4-3-17(9-18(20)22)29-13-24-26-27-29/h3-4,9,11,13-14,16H,5-8,12H2,1-2H3. The third kappa shape index (κ3) is 4.92. The summed E-state index contributed by atoms with van der Waals surface area (Å²) in [6.07, 6.45) is 3.72. The van der Waals surface area contributed by atoms with E-state index in [1.807, 2.05) is 13.8 Å². The largest absolute Gasteiger partial charge is 0.486 e. The number of rotatable bonds is 6. The summed E-state index contributed by atoms with van der Waals surface area (Å²) in [5.74, 6) is -0.532. The van der Waals surface area contributed by atoms with Crippen LogP contribution in [0.5, 0.6) is 5.75 Å². The average Bonchev–Trinajstić information content (AvgIpc) is 3.48. The lowest BCUT2D eigenvalue weighted by Gasteiger charge is -2.32. The summed E-state index contributed by atoms with van der Waals surface area (Å²) in [6, 6.07) is 6.52. The monoisotopic (exact) mass is 454 g/mol. The van der Waals surface area contributed by atoms with Crippen molar-refractivity contribution in [2.75, 3.05) is 13.1 Å². The Bertz CT molecular complexity index is 1150. The predicted octanol–water partition coefficient (Wildman–Crippen LogP) is 2.63. The van der Waals surface area contributed by atoms with E-state index in [1.165, 1.54) is 23.1 Å². The molecular weight excluding hydrogens is 431 g/mol. The van der Waals surface area contributed by atoms with Crippen LogP contribution in [-0.4, -0.2) is 60.2 Å². The number of tetrazole rings is 1. The molecule has 33 heavy (non-hydrogen) atoms. The number of benzene rings is 1. The van der Waals surface area contributed by atoms with Crippen molar-refractivity contribution in [1.29, 1.82) is 5.26 Å². The molecule has 12 heteroatoms. The fourth-order valence-corrected chi connectivity index (χ4v) is 3.66. The zero-order chi connectivity index (χ0) is 23.4. The second-order valence-corrected chi connectivity index (χ2v) is 7.88. The number of piperidine rings is 1. The first-order chi connectivity index (χ1) is 16.0. The molecule has 1 amide bonds. The smallest absolute Gasteiger partial charge is 0.410 e. The number of aromatic nitrogens is 6. The van der Waals surface area contributed by atoms with E-state index in [2.05, 4.69) is 26.7 Å². The number of ether oxygens (including phenoxy) is 2. The topological polar surface area (TPSA) is 124 Å². The van der Waals surface area contributed by atoms with Crippen LogP contribution in [0, 0.1) is 17.1 Å². The minimum Gasteiger partial charge on any atom is -0.486 e. The van der Waals surface area contributed by atoms with Gasteiger partial charge in [-0.2, -0.15) is 10.4 Å². The predicted molar refractivity (Wildman–Crippen MR) is 112 cm³/mol. The van der Waals surface area contributed by atoms with Crippen LogP contribution in [-0.2, 0) is 11.3 Å². The summed E-state index contributed by atoms with van der Waals surface area (Å²) < 4.78 is 28.3. The van der Waals surface area contributed by atoms with Crippen LogP contribution < -0.4 is 4.74 Å². The van der Waals surface area contributed by atoms with E-state index in [4.69, 9.17) is 9.47 Å². The lowest BCUT2D eigenvalue weighted by Crippen LogP contribution is -2.40. The van der Waals surface area contributed by atoms with Crippen molar-refractivity contribution in [2.24, 2.45) is 0 Å². The van der Waals surface area contributed by atoms with Crippen LogP contribution >= 0.6 is 0 Å². The van der Waals surface area contributed by atoms with E-state index in [-0.39, 0.29) is 30.6 Å². The van der Waals surface area contributed by atoms with Crippen LogP contribution in [0.15, 0.2) is 30.7 Å². The molecule has 172 valence electrons. The van der Waals surface area contributed by atoms with Crippen molar-refractivity contribution >= 4 is 6.09 Å². The van der Waals surface area contributed by atoms with E-state index in [9.17, 15) is 14.4 Å². The van der Waals surface area contributed by atoms with Gasteiger partial charge in [0.15, 0.2) is 11.6 Å². The van der Waals surface area contributed by atoms with Crippen molar-refractivity contribution in [3.63, 3.8) is 0 Å². The minimum absolute atomic E-state index is 0.0103. The Balaban J connectivity index is 1.40. The summed E-state index contributed by atoms with van der Waals surface area (Å²) in [5, 5.41) is 24.8. The Morgan fingerprint density at radius 3 is 2.76 bits per heavy atom. The SMILES string of the molecule is CC(C)OC(=O)N1CCC(n2ncc(COc3ccc(-n4cnnn4)cc3F)c2C#N)CC1. The number of nitriles is 1. The molecule has 0 bridgehead atoms. The zero-order valence-electron chi connectivity index (χ0n) is 18.3. The summed E-state index contributed by atoms with van der Waals surface area (Å²) >= 11 is 0. The first kappa shape index (κ1) is 22.2. The van der Waals surface area contributed by atoms with Gasteiger partial charge in [-0.1, -0.05) is 0 Å². The molecule has 3 aromatic rings. The van der Waals surface area contributed by atoms with E-state index in [1.54, 1.807) is 21.8 Å². The highest BCUT2D eigenvalue weighted by molar-refractivity contribution is 5.67. The number of carbonyl (C=O) groups is 1. The number of hydrogen-bond acceptors (Lipinski definition) is 8. The van der Waals surface area contributed by atoms with Crippen LogP contribution in [0.1, 0.15) is 44.0 Å². The Morgan fingerprint density at radius 1 is 1.33 bits per heavy atom. The molecule has 0 radical (unpaired) electrons. The van der Waals surface area contributed by atoms with Gasteiger partial charge in [0.05, 0.1) is 24.0 Å². The molecule has 2 aromatic heterocycles. The Labute approximate surface area is 189 Å². The minimum atomic E-state index is -0.574. The van der Waals surface area contributed by atoms with Crippen LogP contribution in [0.2, 0.25) is 0 Å². The van der Waals surface area contributed by atoms with Gasteiger partial charge < -0.3 is 14.4 Å². The van der Waals surface area contributed by atoms with Gasteiger partial charge in [-0.15, -0.1) is 5.10 Å². The molecule has 1 aromatic carbocycles. The normalized spacial score (nSPS) is 14.3. The van der Waals surface area contributed by atoms with Gasteiger partial charge in [-0.25, -0.2) is 13.9 Å². The molecule has 0 N–H and O–H groups in total. The van der Waals surface area contributed by atoms with Gasteiger partial charge in [0, 0.05) is 24.7 Å². The Morgan fingerprint density at radius 2 is 2.12 bits per heavy atom. The van der Waals surface area contributed by atoms with Crippen LogP contribution in [0.25, 0.3) is 5.69 Å².